The van der Waals surface area contributed by atoms with E-state index < -0.39 is 5.82 Å². The van der Waals surface area contributed by atoms with E-state index in [1.807, 2.05) is 12.1 Å². The minimum atomic E-state index is -0.602. The number of hydrogen-bond donors (Lipinski definition) is 2. The summed E-state index contributed by atoms with van der Waals surface area (Å²) >= 11 is 0. The normalized spacial score (nSPS) is 25.0. The topological polar surface area (TPSA) is 86.6 Å². The van der Waals surface area contributed by atoms with E-state index in [9.17, 15) is 5.11 Å². The number of terminal acetylenes is 1. The summed E-state index contributed by atoms with van der Waals surface area (Å²) in [7, 11) is 0. The van der Waals surface area contributed by atoms with Crippen LogP contribution >= 0.6 is 0 Å². The number of piperazine rings is 1. The van der Waals surface area contributed by atoms with Crippen molar-refractivity contribution in [1.82, 2.24) is 25.2 Å². The molecule has 4 atom stereocenters. The molecule has 44 heavy (non-hydrogen) atoms. The number of anilines is 1. The second-order valence-corrected chi connectivity index (χ2v) is 12.7. The van der Waals surface area contributed by atoms with E-state index in [0.717, 1.165) is 45.3 Å². The lowest BCUT2D eigenvalue weighted by molar-refractivity contribution is 0.103. The van der Waals surface area contributed by atoms with Crippen LogP contribution in [0.3, 0.4) is 0 Å². The van der Waals surface area contributed by atoms with Crippen molar-refractivity contribution in [3.05, 3.63) is 60.1 Å². The molecular weight excluding hydrogens is 555 g/mol. The smallest absolute Gasteiger partial charge is 0.320 e. The number of phenols is 1. The zero-order valence-electron chi connectivity index (χ0n) is 24.6. The van der Waals surface area contributed by atoms with Gasteiger partial charge in [0.05, 0.1) is 5.39 Å². The molecule has 8 nitrogen and oxygen atoms in total. The van der Waals surface area contributed by atoms with E-state index in [1.54, 1.807) is 18.3 Å². The molecule has 8 rings (SSSR count). The van der Waals surface area contributed by atoms with E-state index >= 15 is 4.39 Å². The van der Waals surface area contributed by atoms with Crippen molar-refractivity contribution in [2.75, 3.05) is 31.3 Å². The Morgan fingerprint density at radius 2 is 1.98 bits per heavy atom. The molecule has 4 aliphatic rings. The summed E-state index contributed by atoms with van der Waals surface area (Å²) in [5.74, 6) is 3.34. The molecule has 2 aromatic heterocycles. The summed E-state index contributed by atoms with van der Waals surface area (Å²) in [6.07, 6.45) is 14.3. The van der Waals surface area contributed by atoms with Gasteiger partial charge in [-0.1, -0.05) is 30.2 Å². The summed E-state index contributed by atoms with van der Waals surface area (Å²) in [6, 6.07) is 9.76. The Kier molecular flexibility index (Phi) is 6.65. The lowest BCUT2D eigenvalue weighted by Crippen LogP contribution is -2.51. The molecule has 3 aliphatic heterocycles. The second kappa shape index (κ2) is 10.7. The number of nitrogens with one attached hydrogen (secondary N) is 1. The van der Waals surface area contributed by atoms with Gasteiger partial charge < -0.3 is 20.1 Å². The van der Waals surface area contributed by atoms with Gasteiger partial charge in [0.1, 0.15) is 29.5 Å². The van der Waals surface area contributed by atoms with Crippen LogP contribution in [0.15, 0.2) is 48.7 Å². The zero-order chi connectivity index (χ0) is 29.9. The average Bonchev–Trinajstić information content (AvgIpc) is 3.61. The third-order valence-corrected chi connectivity index (χ3v) is 10.0. The lowest BCUT2D eigenvalue weighted by Gasteiger charge is -2.34. The van der Waals surface area contributed by atoms with E-state index in [4.69, 9.17) is 16.1 Å². The predicted octanol–water partition coefficient (Wildman–Crippen LogP) is 5.38. The number of aromatic hydroxyl groups is 1. The van der Waals surface area contributed by atoms with Gasteiger partial charge in [-0.15, -0.1) is 6.42 Å². The Morgan fingerprint density at radius 3 is 2.80 bits per heavy atom. The average molecular weight is 591 g/mol. The highest BCUT2D eigenvalue weighted by Crippen LogP contribution is 2.40. The van der Waals surface area contributed by atoms with Crippen LogP contribution < -0.4 is 15.0 Å². The summed E-state index contributed by atoms with van der Waals surface area (Å²) < 4.78 is 23.1. The van der Waals surface area contributed by atoms with Crippen LogP contribution in [-0.4, -0.2) is 69.4 Å². The van der Waals surface area contributed by atoms with Gasteiger partial charge in [-0.2, -0.15) is 9.97 Å². The van der Waals surface area contributed by atoms with Gasteiger partial charge in [-0.3, -0.25) is 9.88 Å². The number of pyridine rings is 1. The number of nitrogens with zero attached hydrogens (tertiary/aromatic N) is 5. The summed E-state index contributed by atoms with van der Waals surface area (Å²) in [6.45, 7) is 7.15. The van der Waals surface area contributed by atoms with Gasteiger partial charge in [-0.05, 0) is 68.0 Å². The number of phenolic OH excluding ortho intramolecular Hbond substituents is 1. The lowest BCUT2D eigenvalue weighted by atomic mass is 9.82. The molecule has 224 valence electrons. The number of ether oxygens (including phenoxy) is 1. The number of likely N-dealkylation sites (tertiary alicyclic amines) is 1. The van der Waals surface area contributed by atoms with Crippen LogP contribution in [0.4, 0.5) is 10.2 Å². The molecular formula is C35H35FN6O2. The van der Waals surface area contributed by atoms with Crippen molar-refractivity contribution in [1.29, 1.82) is 0 Å². The Morgan fingerprint density at radius 1 is 1.14 bits per heavy atom. The minimum absolute atomic E-state index is 0.000114. The number of benzene rings is 2. The van der Waals surface area contributed by atoms with E-state index in [1.165, 1.54) is 24.5 Å². The molecule has 0 amide bonds. The molecule has 3 saturated heterocycles. The van der Waals surface area contributed by atoms with E-state index in [2.05, 4.69) is 37.6 Å². The Hall–Kier alpha value is -4.26. The Balaban J connectivity index is 1.23. The fourth-order valence-electron chi connectivity index (χ4n) is 8.05. The molecule has 0 radical (unpaired) electrons. The fourth-order valence-corrected chi connectivity index (χ4v) is 8.05. The molecule has 2 unspecified atom stereocenters. The first kappa shape index (κ1) is 27.3. The SMILES string of the molecule is C#Cc1cccc2cc(O)cc(-c3ncc4c(N5C[C@H]6CC[C@@H](C5)N6)nc(OCN5CCC6CCCC(=C)C65)nc4c3F)c12. The largest absolute Gasteiger partial charge is 0.508 e. The van der Waals surface area contributed by atoms with Gasteiger partial charge in [0, 0.05) is 60.5 Å². The van der Waals surface area contributed by atoms with Gasteiger partial charge in [0.25, 0.3) is 0 Å². The predicted molar refractivity (Wildman–Crippen MR) is 169 cm³/mol. The van der Waals surface area contributed by atoms with Crippen molar-refractivity contribution in [3.8, 4) is 35.4 Å². The number of fused-ring (bicyclic) bond motifs is 5. The first-order chi connectivity index (χ1) is 21.5. The first-order valence-electron chi connectivity index (χ1n) is 15.6. The maximum Gasteiger partial charge on any atom is 0.320 e. The Labute approximate surface area is 256 Å². The van der Waals surface area contributed by atoms with Crippen LogP contribution in [0.5, 0.6) is 11.8 Å². The van der Waals surface area contributed by atoms with Crippen molar-refractivity contribution < 1.29 is 14.2 Å². The van der Waals surface area contributed by atoms with Crippen molar-refractivity contribution in [2.45, 2.75) is 56.7 Å². The van der Waals surface area contributed by atoms with Crippen LogP contribution in [0.25, 0.3) is 32.9 Å². The van der Waals surface area contributed by atoms with Gasteiger partial charge in [0.2, 0.25) is 0 Å². The zero-order valence-corrected chi connectivity index (χ0v) is 24.6. The van der Waals surface area contributed by atoms with Gasteiger partial charge in [-0.25, -0.2) is 4.39 Å². The molecule has 2 N–H and O–H groups in total. The minimum Gasteiger partial charge on any atom is -0.508 e. The molecule has 1 aliphatic carbocycles. The maximum absolute atomic E-state index is 16.8. The van der Waals surface area contributed by atoms with Crippen molar-refractivity contribution in [3.63, 3.8) is 0 Å². The third kappa shape index (κ3) is 4.56. The molecule has 0 spiro atoms. The highest BCUT2D eigenvalue weighted by Gasteiger charge is 2.38. The molecule has 9 heteroatoms. The molecule has 5 heterocycles. The van der Waals surface area contributed by atoms with Gasteiger partial charge in [0.15, 0.2) is 5.82 Å². The number of hydrogen-bond acceptors (Lipinski definition) is 8. The van der Waals surface area contributed by atoms with Gasteiger partial charge >= 0.3 is 6.01 Å². The number of rotatable bonds is 5. The maximum atomic E-state index is 16.8. The highest BCUT2D eigenvalue weighted by molar-refractivity contribution is 6.02. The summed E-state index contributed by atoms with van der Waals surface area (Å²) in [4.78, 5) is 18.7. The monoisotopic (exact) mass is 590 g/mol. The fraction of sp³-hybridized carbons (Fsp3) is 0.400. The first-order valence-corrected chi connectivity index (χ1v) is 15.6. The van der Waals surface area contributed by atoms with E-state index in [-0.39, 0.29) is 23.0 Å². The highest BCUT2D eigenvalue weighted by atomic mass is 19.1. The van der Waals surface area contributed by atoms with Crippen molar-refractivity contribution >= 4 is 27.5 Å². The molecule has 4 fully saturated rings. The molecule has 2 aromatic carbocycles. The van der Waals surface area contributed by atoms with Crippen LogP contribution in [0.1, 0.15) is 44.1 Å². The molecule has 1 saturated carbocycles. The van der Waals surface area contributed by atoms with Crippen LogP contribution in [0.2, 0.25) is 0 Å². The number of halogens is 1. The van der Waals surface area contributed by atoms with Crippen LogP contribution in [0, 0.1) is 24.1 Å². The summed E-state index contributed by atoms with van der Waals surface area (Å²) in [5, 5.41) is 16.1. The summed E-state index contributed by atoms with van der Waals surface area (Å²) in [5.41, 5.74) is 2.48. The van der Waals surface area contributed by atoms with Crippen molar-refractivity contribution in [2.24, 2.45) is 5.92 Å². The standard InChI is InChI=1S/C35H35FN6O2/c1-3-21-7-5-9-23-14-26(43)15-27(29(21)23)31-30(36)32-28(16-37-31)34(42-17-24-10-11-25(18-42)38-24)40-35(39-32)44-19-41-13-12-22-8-4-6-20(2)33(22)41/h1,5,7,9,14-16,22,24-25,33,38,43H,2,4,6,8,10-13,17-19H2/t22?,24-,25+,33?. The number of aromatic nitrogens is 3. The Bertz CT molecular complexity index is 1840. The quantitative estimate of drug-likeness (QED) is 0.237. The third-order valence-electron chi connectivity index (χ3n) is 10.0. The van der Waals surface area contributed by atoms with E-state index in [0.29, 0.717) is 63.9 Å². The second-order valence-electron chi connectivity index (χ2n) is 12.7. The van der Waals surface area contributed by atoms with Crippen LogP contribution in [-0.2, 0) is 0 Å². The molecule has 2 bridgehead atoms. The molecule has 4 aromatic rings.